The maximum absolute atomic E-state index is 12.2. The number of hydrogen-bond acceptors (Lipinski definition) is 5. The summed E-state index contributed by atoms with van der Waals surface area (Å²) >= 11 is 1.27. The quantitative estimate of drug-likeness (QED) is 0.856. The molecule has 0 fully saturated rings. The summed E-state index contributed by atoms with van der Waals surface area (Å²) in [7, 11) is 1.30. The van der Waals surface area contributed by atoms with Gasteiger partial charge < -0.3 is 14.8 Å². The van der Waals surface area contributed by atoms with Crippen LogP contribution in [-0.2, 0) is 4.74 Å². The zero-order valence-corrected chi connectivity index (χ0v) is 13.4. The van der Waals surface area contributed by atoms with E-state index in [0.29, 0.717) is 21.9 Å². The molecule has 1 aromatic carbocycles. The summed E-state index contributed by atoms with van der Waals surface area (Å²) in [4.78, 5) is 23.8. The van der Waals surface area contributed by atoms with Crippen molar-refractivity contribution < 1.29 is 19.1 Å². The van der Waals surface area contributed by atoms with Crippen molar-refractivity contribution in [1.29, 1.82) is 0 Å². The van der Waals surface area contributed by atoms with Crippen molar-refractivity contribution in [2.75, 3.05) is 12.4 Å². The van der Waals surface area contributed by atoms with Gasteiger partial charge in [-0.3, -0.25) is 4.79 Å². The van der Waals surface area contributed by atoms with E-state index in [0.717, 1.165) is 0 Å². The second-order valence-corrected chi connectivity index (χ2v) is 5.72. The van der Waals surface area contributed by atoms with E-state index in [1.807, 2.05) is 13.8 Å². The van der Waals surface area contributed by atoms with Crippen LogP contribution in [0.5, 0.6) is 5.75 Å². The first-order chi connectivity index (χ1) is 10.5. The number of carbonyl (C=O) groups is 2. The normalized spacial score (nSPS) is 10.4. The molecule has 0 saturated carbocycles. The molecule has 0 spiro atoms. The fourth-order valence-electron chi connectivity index (χ4n) is 1.81. The van der Waals surface area contributed by atoms with Gasteiger partial charge in [-0.25, -0.2) is 4.79 Å². The summed E-state index contributed by atoms with van der Waals surface area (Å²) in [6.07, 6.45) is 0.0772. The zero-order chi connectivity index (χ0) is 16.1. The van der Waals surface area contributed by atoms with Crippen molar-refractivity contribution >= 4 is 28.2 Å². The Morgan fingerprint density at radius 3 is 2.41 bits per heavy atom. The van der Waals surface area contributed by atoms with Crippen LogP contribution in [-0.4, -0.2) is 25.1 Å². The van der Waals surface area contributed by atoms with Crippen LogP contribution in [0.3, 0.4) is 0 Å². The van der Waals surface area contributed by atoms with Gasteiger partial charge in [-0.15, -0.1) is 11.3 Å². The number of carbonyl (C=O) groups excluding carboxylic acids is 2. The molecule has 1 amide bonds. The first kappa shape index (κ1) is 16.0. The van der Waals surface area contributed by atoms with Crippen molar-refractivity contribution in [2.24, 2.45) is 0 Å². The van der Waals surface area contributed by atoms with E-state index in [1.54, 1.807) is 35.7 Å². The number of amides is 1. The summed E-state index contributed by atoms with van der Waals surface area (Å²) in [5.41, 5.74) is 0.834. The van der Waals surface area contributed by atoms with Crippen LogP contribution in [0, 0.1) is 0 Å². The van der Waals surface area contributed by atoms with E-state index in [2.05, 4.69) is 10.1 Å². The topological polar surface area (TPSA) is 64.6 Å². The Balaban J connectivity index is 2.09. The van der Waals surface area contributed by atoms with Crippen LogP contribution in [0.1, 0.15) is 34.6 Å². The van der Waals surface area contributed by atoms with Crippen LogP contribution >= 0.6 is 11.3 Å². The third-order valence-corrected chi connectivity index (χ3v) is 3.62. The highest BCUT2D eigenvalue weighted by molar-refractivity contribution is 7.14. The predicted octanol–water partition coefficient (Wildman–Crippen LogP) is 3.57. The average Bonchev–Trinajstić information content (AvgIpc) is 2.94. The lowest BCUT2D eigenvalue weighted by Gasteiger charge is -2.10. The minimum absolute atomic E-state index is 0.0772. The van der Waals surface area contributed by atoms with E-state index < -0.39 is 5.97 Å². The lowest BCUT2D eigenvalue weighted by atomic mass is 10.2. The average molecular weight is 319 g/mol. The fraction of sp³-hybridized carbons (Fsp3) is 0.250. The largest absolute Gasteiger partial charge is 0.491 e. The molecule has 1 aromatic heterocycles. The van der Waals surface area contributed by atoms with Gasteiger partial charge in [-0.1, -0.05) is 0 Å². The Hall–Kier alpha value is -2.34. The highest BCUT2D eigenvalue weighted by Gasteiger charge is 2.16. The highest BCUT2D eigenvalue weighted by Crippen LogP contribution is 2.25. The molecule has 0 unspecified atom stereocenters. The van der Waals surface area contributed by atoms with E-state index in [4.69, 9.17) is 4.74 Å². The minimum Gasteiger partial charge on any atom is -0.491 e. The Labute approximate surface area is 132 Å². The van der Waals surface area contributed by atoms with Crippen molar-refractivity contribution in [3.8, 4) is 5.75 Å². The number of rotatable bonds is 5. The smallest absolute Gasteiger partial charge is 0.340 e. The summed E-state index contributed by atoms with van der Waals surface area (Å²) in [6.45, 7) is 3.87. The van der Waals surface area contributed by atoms with Gasteiger partial charge in [0.05, 0.1) is 18.8 Å². The zero-order valence-electron chi connectivity index (χ0n) is 12.6. The molecule has 2 rings (SSSR count). The number of esters is 1. The molecule has 22 heavy (non-hydrogen) atoms. The molecule has 0 aliphatic heterocycles. The van der Waals surface area contributed by atoms with E-state index in [9.17, 15) is 9.59 Å². The number of methoxy groups -OCH3 is 1. The van der Waals surface area contributed by atoms with Crippen LogP contribution in [0.2, 0.25) is 0 Å². The third-order valence-electron chi connectivity index (χ3n) is 2.79. The molecule has 0 radical (unpaired) electrons. The lowest BCUT2D eigenvalue weighted by Crippen LogP contribution is -2.14. The predicted molar refractivity (Wildman–Crippen MR) is 85.8 cm³/mol. The van der Waals surface area contributed by atoms with Gasteiger partial charge in [-0.05, 0) is 49.6 Å². The molecule has 1 N–H and O–H groups in total. The van der Waals surface area contributed by atoms with Gasteiger partial charge in [0.2, 0.25) is 0 Å². The first-order valence-corrected chi connectivity index (χ1v) is 7.63. The Kier molecular flexibility index (Phi) is 5.16. The van der Waals surface area contributed by atoms with Crippen LogP contribution in [0.15, 0.2) is 35.7 Å². The molecular formula is C16H17NO4S. The number of benzene rings is 1. The number of hydrogen-bond donors (Lipinski definition) is 1. The summed E-state index contributed by atoms with van der Waals surface area (Å²) in [5.74, 6) is -0.0566. The van der Waals surface area contributed by atoms with Crippen molar-refractivity contribution in [3.05, 3.63) is 46.8 Å². The van der Waals surface area contributed by atoms with E-state index in [-0.39, 0.29) is 12.0 Å². The van der Waals surface area contributed by atoms with Gasteiger partial charge >= 0.3 is 5.97 Å². The Morgan fingerprint density at radius 2 is 1.82 bits per heavy atom. The summed E-state index contributed by atoms with van der Waals surface area (Å²) in [6, 6.07) is 8.46. The molecule has 116 valence electrons. The van der Waals surface area contributed by atoms with E-state index >= 15 is 0 Å². The van der Waals surface area contributed by atoms with Crippen LogP contribution in [0.25, 0.3) is 0 Å². The molecule has 5 nitrogen and oxygen atoms in total. The van der Waals surface area contributed by atoms with Gasteiger partial charge in [0, 0.05) is 5.56 Å². The second kappa shape index (κ2) is 7.09. The van der Waals surface area contributed by atoms with Gasteiger partial charge in [0.1, 0.15) is 10.8 Å². The Bertz CT molecular complexity index is 661. The molecule has 0 aliphatic rings. The molecule has 0 atom stereocenters. The molecule has 6 heteroatoms. The highest BCUT2D eigenvalue weighted by atomic mass is 32.1. The number of nitrogens with one attached hydrogen (secondary N) is 1. The van der Waals surface area contributed by atoms with Crippen LogP contribution in [0.4, 0.5) is 5.00 Å². The molecule has 2 aromatic rings. The second-order valence-electron chi connectivity index (χ2n) is 4.80. The fourth-order valence-corrected chi connectivity index (χ4v) is 2.58. The van der Waals surface area contributed by atoms with Gasteiger partial charge in [0.25, 0.3) is 5.91 Å². The molecule has 0 bridgehead atoms. The molecule has 1 heterocycles. The first-order valence-electron chi connectivity index (χ1n) is 6.75. The Morgan fingerprint density at radius 1 is 1.14 bits per heavy atom. The number of thiophene rings is 1. The van der Waals surface area contributed by atoms with Crippen molar-refractivity contribution in [1.82, 2.24) is 0 Å². The van der Waals surface area contributed by atoms with Crippen LogP contribution < -0.4 is 10.1 Å². The molecular weight excluding hydrogens is 302 g/mol. The molecule has 0 saturated heterocycles. The molecule has 0 aliphatic carbocycles. The summed E-state index contributed by atoms with van der Waals surface area (Å²) in [5, 5.41) is 4.92. The summed E-state index contributed by atoms with van der Waals surface area (Å²) < 4.78 is 10.2. The maximum atomic E-state index is 12.2. The third kappa shape index (κ3) is 3.85. The van der Waals surface area contributed by atoms with Gasteiger partial charge in [-0.2, -0.15) is 0 Å². The monoisotopic (exact) mass is 319 g/mol. The van der Waals surface area contributed by atoms with Crippen molar-refractivity contribution in [3.63, 3.8) is 0 Å². The number of anilines is 1. The van der Waals surface area contributed by atoms with E-state index in [1.165, 1.54) is 18.4 Å². The van der Waals surface area contributed by atoms with Crippen molar-refractivity contribution in [2.45, 2.75) is 20.0 Å². The maximum Gasteiger partial charge on any atom is 0.340 e. The minimum atomic E-state index is -0.475. The number of ether oxygens (including phenoxy) is 2. The SMILES string of the molecule is COC(=O)c1ccsc1NC(=O)c1ccc(OC(C)C)cc1. The van der Waals surface area contributed by atoms with Gasteiger partial charge in [0.15, 0.2) is 0 Å². The standard InChI is InChI=1S/C16H17NO4S/c1-10(2)21-12-6-4-11(5-7-12)14(18)17-15-13(8-9-22-15)16(19)20-3/h4-10H,1-3H3,(H,17,18). The lowest BCUT2D eigenvalue weighted by molar-refractivity contribution is 0.0602.